The summed E-state index contributed by atoms with van der Waals surface area (Å²) in [6.45, 7) is 7.44. The summed E-state index contributed by atoms with van der Waals surface area (Å²) in [6.07, 6.45) is 3.97. The number of hydrogen-bond donors (Lipinski definition) is 2. The normalized spacial score (nSPS) is 11.7. The van der Waals surface area contributed by atoms with Crippen LogP contribution in [0, 0.1) is 6.92 Å². The molecule has 1 aromatic heterocycles. The fourth-order valence-corrected chi connectivity index (χ4v) is 2.42. The van der Waals surface area contributed by atoms with Crippen molar-refractivity contribution in [2.24, 2.45) is 0 Å². The average molecular weight is 345 g/mol. The maximum atomic E-state index is 11.1. The lowest BCUT2D eigenvalue weighted by atomic mass is 9.84. The van der Waals surface area contributed by atoms with E-state index in [1.54, 1.807) is 0 Å². The van der Waals surface area contributed by atoms with Gasteiger partial charge < -0.3 is 5.73 Å². The quantitative estimate of drug-likeness (QED) is 0.879. The predicted molar refractivity (Wildman–Crippen MR) is 99.0 cm³/mol. The third kappa shape index (κ3) is 4.32. The van der Waals surface area contributed by atoms with Crippen LogP contribution in [-0.4, -0.2) is 15.9 Å². The summed E-state index contributed by atoms with van der Waals surface area (Å²) in [5, 5.41) is 3.25. The van der Waals surface area contributed by atoms with Crippen LogP contribution in [0.1, 0.15) is 37.6 Å². The number of nitrogens with zero attached hydrogens (tertiary/aromatic N) is 2. The number of hydrogen-bond acceptors (Lipinski definition) is 4. The van der Waals surface area contributed by atoms with Crippen molar-refractivity contribution >= 4 is 35.4 Å². The van der Waals surface area contributed by atoms with Crippen molar-refractivity contribution in [3.63, 3.8) is 0 Å². The molecule has 6 heteroatoms. The van der Waals surface area contributed by atoms with E-state index in [0.29, 0.717) is 16.5 Å². The van der Waals surface area contributed by atoms with Crippen LogP contribution in [0.4, 0.5) is 11.8 Å². The molecule has 0 atom stereocenters. The molecule has 3 N–H and O–H groups in total. The zero-order valence-electron chi connectivity index (χ0n) is 14.2. The van der Waals surface area contributed by atoms with Gasteiger partial charge in [-0.3, -0.25) is 10.1 Å². The number of aryl methyl sites for hydroxylation is 1. The van der Waals surface area contributed by atoms with E-state index in [0.717, 1.165) is 11.1 Å². The Labute approximate surface area is 147 Å². The zero-order valence-corrected chi connectivity index (χ0v) is 15.0. The number of aromatic nitrogens is 2. The second kappa shape index (κ2) is 7.01. The fraction of sp³-hybridized carbons (Fsp3) is 0.278. The van der Waals surface area contributed by atoms with E-state index in [9.17, 15) is 4.79 Å². The second-order valence-electron chi connectivity index (χ2n) is 6.17. The first kappa shape index (κ1) is 17.9. The lowest BCUT2D eigenvalue weighted by Gasteiger charge is -2.21. The third-order valence-electron chi connectivity index (χ3n) is 3.71. The fourth-order valence-electron chi connectivity index (χ4n) is 2.29. The molecule has 5 nitrogen and oxygen atoms in total. The third-order valence-corrected chi connectivity index (χ3v) is 3.96. The van der Waals surface area contributed by atoms with Crippen molar-refractivity contribution in [1.29, 1.82) is 0 Å². The largest absolute Gasteiger partial charge is 0.383 e. The molecule has 0 bridgehead atoms. The highest BCUT2D eigenvalue weighted by Gasteiger charge is 2.17. The number of carbonyl (C=O) groups excluding carboxylic acids is 1. The predicted octanol–water partition coefficient (Wildman–Crippen LogP) is 3.97. The Kier molecular flexibility index (Phi) is 5.24. The minimum Gasteiger partial charge on any atom is -0.383 e. The number of nitrogens with two attached hydrogens (primary N) is 1. The second-order valence-corrected chi connectivity index (χ2v) is 6.61. The minimum absolute atomic E-state index is 0.209. The summed E-state index contributed by atoms with van der Waals surface area (Å²) < 4.78 is 0. The van der Waals surface area contributed by atoms with Crippen molar-refractivity contribution in [1.82, 2.24) is 9.97 Å². The van der Waals surface area contributed by atoms with Crippen LogP contribution in [-0.2, 0) is 10.2 Å². The number of nitrogens with one attached hydrogen (secondary N) is 1. The molecule has 1 amide bonds. The number of rotatable bonds is 4. The topological polar surface area (TPSA) is 80.9 Å². The summed E-state index contributed by atoms with van der Waals surface area (Å²) >= 11 is 5.95. The van der Waals surface area contributed by atoms with E-state index in [1.807, 2.05) is 37.3 Å². The van der Waals surface area contributed by atoms with Gasteiger partial charge in [0.1, 0.15) is 5.82 Å². The summed E-state index contributed by atoms with van der Waals surface area (Å²) in [5.41, 5.74) is 8.39. The van der Waals surface area contributed by atoms with Gasteiger partial charge in [-0.2, -0.15) is 4.98 Å². The Morgan fingerprint density at radius 3 is 2.42 bits per heavy atom. The number of carbonyl (C=O) groups is 1. The number of amides is 1. The van der Waals surface area contributed by atoms with E-state index in [-0.39, 0.29) is 17.3 Å². The molecule has 1 aromatic carbocycles. The van der Waals surface area contributed by atoms with Gasteiger partial charge >= 0.3 is 0 Å². The molecule has 2 rings (SSSR count). The Morgan fingerprint density at radius 1 is 1.25 bits per heavy atom. The minimum atomic E-state index is -0.235. The lowest BCUT2D eigenvalue weighted by Crippen LogP contribution is -2.14. The van der Waals surface area contributed by atoms with Gasteiger partial charge in [-0.25, -0.2) is 4.98 Å². The van der Waals surface area contributed by atoms with Crippen LogP contribution < -0.4 is 11.1 Å². The van der Waals surface area contributed by atoms with Gasteiger partial charge in [-0.1, -0.05) is 49.7 Å². The van der Waals surface area contributed by atoms with Gasteiger partial charge in [-0.15, -0.1) is 0 Å². The number of nitrogen functional groups attached to an aromatic ring is 1. The molecule has 24 heavy (non-hydrogen) atoms. The maximum absolute atomic E-state index is 11.1. The molecule has 0 saturated heterocycles. The molecule has 0 spiro atoms. The smallest absolute Gasteiger partial charge is 0.231 e. The van der Waals surface area contributed by atoms with Crippen LogP contribution >= 0.6 is 11.6 Å². The van der Waals surface area contributed by atoms with Crippen molar-refractivity contribution in [3.05, 3.63) is 52.2 Å². The van der Waals surface area contributed by atoms with Crippen LogP contribution in [0.25, 0.3) is 6.08 Å². The Hall–Kier alpha value is -2.40. The summed E-state index contributed by atoms with van der Waals surface area (Å²) in [4.78, 5) is 19.5. The van der Waals surface area contributed by atoms with Crippen molar-refractivity contribution < 1.29 is 4.79 Å². The van der Waals surface area contributed by atoms with Crippen molar-refractivity contribution in [3.8, 4) is 0 Å². The maximum Gasteiger partial charge on any atom is 0.231 e. The van der Waals surface area contributed by atoms with E-state index >= 15 is 0 Å². The highest BCUT2D eigenvalue weighted by atomic mass is 35.5. The molecule has 0 unspecified atom stereocenters. The lowest BCUT2D eigenvalue weighted by molar-refractivity contribution is -0.114. The van der Waals surface area contributed by atoms with Crippen molar-refractivity contribution in [2.75, 3.05) is 11.1 Å². The van der Waals surface area contributed by atoms with Gasteiger partial charge in [0.2, 0.25) is 11.9 Å². The van der Waals surface area contributed by atoms with Gasteiger partial charge in [-0.05, 0) is 24.6 Å². The molecule has 0 aliphatic heterocycles. The summed E-state index contributed by atoms with van der Waals surface area (Å²) in [5.74, 6) is 0.307. The molecule has 2 aromatic rings. The monoisotopic (exact) mass is 344 g/mol. The first-order valence-corrected chi connectivity index (χ1v) is 7.94. The first-order valence-electron chi connectivity index (χ1n) is 7.56. The molecular formula is C18H21ClN4O. The van der Waals surface area contributed by atoms with Crippen LogP contribution in [0.15, 0.2) is 30.3 Å². The standard InChI is InChI=1S/C18H21ClN4O/c1-11-15(16(20)23-17(21-11)22-12(2)24)9-10-18(3,4)13-5-7-14(19)8-6-13/h5-10H,1-4H3,(H3,20,21,22,23,24)/b10-9+. The molecule has 0 aliphatic rings. The van der Waals surface area contributed by atoms with E-state index in [2.05, 4.69) is 35.2 Å². The molecule has 0 fully saturated rings. The Morgan fingerprint density at radius 2 is 1.88 bits per heavy atom. The van der Waals surface area contributed by atoms with Gasteiger partial charge in [0.25, 0.3) is 0 Å². The molecule has 0 aliphatic carbocycles. The van der Waals surface area contributed by atoms with Crippen LogP contribution in [0.5, 0.6) is 0 Å². The summed E-state index contributed by atoms with van der Waals surface area (Å²) in [6, 6.07) is 7.74. The van der Waals surface area contributed by atoms with Gasteiger partial charge in [0.05, 0.1) is 5.69 Å². The SMILES string of the molecule is CC(=O)Nc1nc(C)c(/C=C/C(C)(C)c2ccc(Cl)cc2)c(N)n1. The average Bonchev–Trinajstić information content (AvgIpc) is 2.46. The number of anilines is 2. The van der Waals surface area contributed by atoms with Crippen LogP contribution in [0.2, 0.25) is 5.02 Å². The van der Waals surface area contributed by atoms with Crippen molar-refractivity contribution in [2.45, 2.75) is 33.1 Å². The molecule has 1 heterocycles. The number of halogens is 1. The Bertz CT molecular complexity index is 759. The van der Waals surface area contributed by atoms with E-state index in [4.69, 9.17) is 17.3 Å². The number of benzene rings is 1. The molecular weight excluding hydrogens is 324 g/mol. The number of allylic oxidation sites excluding steroid dienone is 1. The van der Waals surface area contributed by atoms with Gasteiger partial charge in [0.15, 0.2) is 0 Å². The highest BCUT2D eigenvalue weighted by Crippen LogP contribution is 2.28. The van der Waals surface area contributed by atoms with E-state index in [1.165, 1.54) is 6.92 Å². The molecule has 126 valence electrons. The van der Waals surface area contributed by atoms with E-state index < -0.39 is 0 Å². The Balaban J connectivity index is 2.30. The first-order chi connectivity index (χ1) is 11.2. The zero-order chi connectivity index (χ0) is 17.9. The molecule has 0 radical (unpaired) electrons. The molecule has 0 saturated carbocycles. The van der Waals surface area contributed by atoms with Crippen LogP contribution in [0.3, 0.4) is 0 Å². The highest BCUT2D eigenvalue weighted by molar-refractivity contribution is 6.30. The summed E-state index contributed by atoms with van der Waals surface area (Å²) in [7, 11) is 0. The van der Waals surface area contributed by atoms with Gasteiger partial charge in [0, 0.05) is 22.9 Å².